The van der Waals surface area contributed by atoms with Gasteiger partial charge in [0.05, 0.1) is 6.07 Å². The van der Waals surface area contributed by atoms with Crippen LogP contribution in [0.3, 0.4) is 0 Å². The fourth-order valence-corrected chi connectivity index (χ4v) is 9.90. The minimum atomic E-state index is -3.18. The first kappa shape index (κ1) is 26.1. The molecule has 0 fully saturated rings. The fourth-order valence-electron chi connectivity index (χ4n) is 5.11. The molecule has 5 aromatic carbocycles. The quantitative estimate of drug-likeness (QED) is 0.209. The van der Waals surface area contributed by atoms with Crippen LogP contribution < -0.4 is 21.0 Å². The summed E-state index contributed by atoms with van der Waals surface area (Å²) in [4.78, 5) is 0. The van der Waals surface area contributed by atoms with Gasteiger partial charge in [0, 0.05) is 5.56 Å². The van der Waals surface area contributed by atoms with Crippen LogP contribution in [0, 0.1) is 22.7 Å². The molecule has 188 valence electrons. The van der Waals surface area contributed by atoms with E-state index in [1.54, 1.807) is 42.5 Å². The monoisotopic (exact) mass is 524 g/mol. The maximum atomic E-state index is 14.4. The zero-order chi connectivity index (χ0) is 27.2. The average Bonchev–Trinajstić information content (AvgIpc) is 3.03. The van der Waals surface area contributed by atoms with Crippen molar-refractivity contribution in [3.05, 3.63) is 163 Å². The van der Waals surface area contributed by atoms with Gasteiger partial charge in [0.15, 0.2) is 7.26 Å². The van der Waals surface area contributed by atoms with Gasteiger partial charge in [0.1, 0.15) is 27.8 Å². The van der Waals surface area contributed by atoms with Gasteiger partial charge in [0.2, 0.25) is 0 Å². The molecule has 2 atom stereocenters. The number of nitrogens with zero attached hydrogens (tertiary/aromatic N) is 2. The Morgan fingerprint density at radius 3 is 1.15 bits per heavy atom. The number of benzene rings is 5. The van der Waals surface area contributed by atoms with Crippen molar-refractivity contribution in [2.75, 3.05) is 0 Å². The minimum absolute atomic E-state index is 0.135. The number of hydrogen-bond acceptors (Lipinski definition) is 4. The highest BCUT2D eigenvalue weighted by molar-refractivity contribution is 7.96. The van der Waals surface area contributed by atoms with E-state index in [0.29, 0.717) is 5.56 Å². The predicted octanol–water partition coefficient (Wildman–Crippen LogP) is 5.11. The lowest BCUT2D eigenvalue weighted by atomic mass is 10.1. The molecule has 5 heteroatoms. The third kappa shape index (κ3) is 4.42. The minimum Gasteiger partial charge on any atom is -0.813 e. The molecule has 0 aliphatic carbocycles. The van der Waals surface area contributed by atoms with Crippen LogP contribution in [0.5, 0.6) is 0 Å². The first-order chi connectivity index (χ1) is 19.1. The number of ether oxygens (including phenoxy) is 1. The Morgan fingerprint density at radius 1 is 0.487 bits per heavy atom. The van der Waals surface area contributed by atoms with Crippen LogP contribution in [-0.2, 0) is 15.9 Å². The van der Waals surface area contributed by atoms with E-state index in [-0.39, 0.29) is 5.56 Å². The lowest BCUT2D eigenvalue weighted by Gasteiger charge is -2.46. The Kier molecular flexibility index (Phi) is 7.38. The Labute approximate surface area is 229 Å². The van der Waals surface area contributed by atoms with Gasteiger partial charge < -0.3 is 9.84 Å². The highest BCUT2D eigenvalue weighted by Crippen LogP contribution is 2.71. The topological polar surface area (TPSA) is 79.9 Å². The first-order valence-corrected chi connectivity index (χ1v) is 14.3. The maximum Gasteiger partial charge on any atom is 0.304 e. The van der Waals surface area contributed by atoms with Crippen LogP contribution >= 0.6 is 7.26 Å². The Hall–Kier alpha value is -4.57. The lowest BCUT2D eigenvalue weighted by Crippen LogP contribution is -2.54. The molecule has 0 bridgehead atoms. The molecule has 0 aliphatic rings. The van der Waals surface area contributed by atoms with Crippen molar-refractivity contribution in [3.8, 4) is 12.1 Å². The summed E-state index contributed by atoms with van der Waals surface area (Å²) >= 11 is 0. The smallest absolute Gasteiger partial charge is 0.304 e. The third-order valence-electron chi connectivity index (χ3n) is 6.81. The van der Waals surface area contributed by atoms with Crippen molar-refractivity contribution >= 4 is 23.2 Å². The van der Waals surface area contributed by atoms with Gasteiger partial charge >= 0.3 is 5.34 Å². The van der Waals surface area contributed by atoms with E-state index in [9.17, 15) is 15.6 Å². The van der Waals surface area contributed by atoms with Gasteiger partial charge in [-0.15, -0.1) is 0 Å². The third-order valence-corrected chi connectivity index (χ3v) is 11.4. The summed E-state index contributed by atoms with van der Waals surface area (Å²) in [5.41, 5.74) is 0.638. The van der Waals surface area contributed by atoms with E-state index in [2.05, 4.69) is 6.07 Å². The molecular formula is C34H25N2O2P. The van der Waals surface area contributed by atoms with Gasteiger partial charge in [-0.05, 0) is 42.0 Å². The SMILES string of the molecule is N#CC([O-])(OC(C#N)(c1ccccc1)[P+](c1ccccc1)(c1ccccc1)c1ccccc1)c1ccccc1. The molecule has 39 heavy (non-hydrogen) atoms. The molecule has 0 amide bonds. The van der Waals surface area contributed by atoms with Gasteiger partial charge in [0.25, 0.3) is 0 Å². The van der Waals surface area contributed by atoms with Crippen LogP contribution in [-0.4, -0.2) is 0 Å². The molecule has 5 rings (SSSR count). The summed E-state index contributed by atoms with van der Waals surface area (Å²) in [5.74, 6) is -2.67. The normalized spacial score (nSPS) is 14.2. The summed E-state index contributed by atoms with van der Waals surface area (Å²) in [5, 5.41) is 36.8. The second-order valence-corrected chi connectivity index (χ2v) is 12.5. The molecule has 0 spiro atoms. The summed E-state index contributed by atoms with van der Waals surface area (Å²) in [6.45, 7) is 0. The molecule has 0 aliphatic heterocycles. The van der Waals surface area contributed by atoms with Gasteiger partial charge in [-0.2, -0.15) is 10.5 Å². The van der Waals surface area contributed by atoms with Gasteiger partial charge in [-0.1, -0.05) is 115 Å². The van der Waals surface area contributed by atoms with E-state index in [4.69, 9.17) is 4.74 Å². The zero-order valence-electron chi connectivity index (χ0n) is 21.1. The zero-order valence-corrected chi connectivity index (χ0v) is 22.0. The van der Waals surface area contributed by atoms with E-state index in [1.807, 2.05) is 115 Å². The molecule has 0 saturated heterocycles. The van der Waals surface area contributed by atoms with Crippen LogP contribution in [0.2, 0.25) is 0 Å². The molecule has 0 aromatic heterocycles. The highest BCUT2D eigenvalue weighted by atomic mass is 31.2. The van der Waals surface area contributed by atoms with E-state index >= 15 is 0 Å². The molecule has 2 unspecified atom stereocenters. The molecule has 0 radical (unpaired) electrons. The molecule has 0 N–H and O–H groups in total. The van der Waals surface area contributed by atoms with Crippen molar-refractivity contribution in [2.24, 2.45) is 0 Å². The maximum absolute atomic E-state index is 14.4. The number of rotatable bonds is 8. The average molecular weight is 525 g/mol. The van der Waals surface area contributed by atoms with Crippen molar-refractivity contribution in [2.45, 2.75) is 11.1 Å². The molecular weight excluding hydrogens is 499 g/mol. The van der Waals surface area contributed by atoms with Crippen molar-refractivity contribution in [1.29, 1.82) is 10.5 Å². The predicted molar refractivity (Wildman–Crippen MR) is 154 cm³/mol. The van der Waals surface area contributed by atoms with E-state index in [1.165, 1.54) is 0 Å². The number of hydrogen-bond donors (Lipinski definition) is 0. The van der Waals surface area contributed by atoms with Crippen LogP contribution in [0.4, 0.5) is 0 Å². The molecule has 5 aromatic rings. The van der Waals surface area contributed by atoms with Gasteiger partial charge in [-0.3, -0.25) is 0 Å². The largest absolute Gasteiger partial charge is 0.813 e. The Bertz CT molecular complexity index is 1510. The second kappa shape index (κ2) is 11.0. The summed E-state index contributed by atoms with van der Waals surface area (Å²) in [6.07, 6.45) is 0. The lowest BCUT2D eigenvalue weighted by molar-refractivity contribution is -0.551. The first-order valence-electron chi connectivity index (χ1n) is 12.5. The molecule has 4 nitrogen and oxygen atoms in total. The van der Waals surface area contributed by atoms with E-state index < -0.39 is 18.4 Å². The molecule has 0 saturated carbocycles. The van der Waals surface area contributed by atoms with Gasteiger partial charge in [-0.25, -0.2) is 0 Å². The molecule has 0 heterocycles. The highest BCUT2D eigenvalue weighted by Gasteiger charge is 2.67. The van der Waals surface area contributed by atoms with Crippen LogP contribution in [0.15, 0.2) is 152 Å². The van der Waals surface area contributed by atoms with Crippen LogP contribution in [0.1, 0.15) is 11.1 Å². The van der Waals surface area contributed by atoms with Crippen molar-refractivity contribution in [3.63, 3.8) is 0 Å². The van der Waals surface area contributed by atoms with Crippen LogP contribution in [0.25, 0.3) is 0 Å². The summed E-state index contributed by atoms with van der Waals surface area (Å²) in [7, 11) is -3.18. The summed E-state index contributed by atoms with van der Waals surface area (Å²) in [6, 6.07) is 50.9. The fraction of sp³-hybridized carbons (Fsp3) is 0.0588. The van der Waals surface area contributed by atoms with Crippen molar-refractivity contribution in [1.82, 2.24) is 0 Å². The second-order valence-electron chi connectivity index (χ2n) is 9.00. The summed E-state index contributed by atoms with van der Waals surface area (Å²) < 4.78 is 6.60. The van der Waals surface area contributed by atoms with E-state index in [0.717, 1.165) is 15.9 Å². The Balaban J connectivity index is 1.97. The standard InChI is InChI=1S/C34H25N2O2P/c35-26-33(37,28-16-6-1-7-17-28)38-34(27-36,29-18-8-2-9-19-29)39(30-20-10-3-11-21-30,31-22-12-4-13-23-31)32-24-14-5-15-25-32/h1-25H. The van der Waals surface area contributed by atoms with Crippen molar-refractivity contribution < 1.29 is 9.84 Å². The number of nitriles is 2. The Morgan fingerprint density at radius 2 is 0.821 bits per heavy atom.